The summed E-state index contributed by atoms with van der Waals surface area (Å²) < 4.78 is 0. The number of nitrogens with one attached hydrogen (secondary N) is 1. The molecule has 0 heterocycles. The highest BCUT2D eigenvalue weighted by atomic mass is 32.2. The number of hydrogen-bond acceptors (Lipinski definition) is 3. The summed E-state index contributed by atoms with van der Waals surface area (Å²) in [5, 5.41) is 12.6. The molecule has 0 spiro atoms. The van der Waals surface area contributed by atoms with E-state index in [1.165, 1.54) is 0 Å². The first-order chi connectivity index (χ1) is 8.02. The Morgan fingerprint density at radius 1 is 1.47 bits per heavy atom. The third-order valence-electron chi connectivity index (χ3n) is 2.70. The van der Waals surface area contributed by atoms with Crippen molar-refractivity contribution in [3.63, 3.8) is 0 Å². The van der Waals surface area contributed by atoms with Gasteiger partial charge in [-0.1, -0.05) is 33.8 Å². The number of hydrogen-bond donors (Lipinski definition) is 2. The smallest absolute Gasteiger partial charge is 0.219 e. The maximum atomic E-state index is 11.0. The zero-order chi connectivity index (χ0) is 13.3. The Morgan fingerprint density at radius 3 is 2.65 bits per heavy atom. The molecular formula is C13H25NO2S. The molecule has 4 heteroatoms. The Morgan fingerprint density at radius 2 is 2.12 bits per heavy atom. The van der Waals surface area contributed by atoms with Crippen LogP contribution in [0.4, 0.5) is 0 Å². The van der Waals surface area contributed by atoms with Crippen LogP contribution in [0.3, 0.4) is 0 Å². The molecule has 1 amide bonds. The fourth-order valence-corrected chi connectivity index (χ4v) is 2.28. The summed E-state index contributed by atoms with van der Waals surface area (Å²) in [6, 6.07) is 0. The van der Waals surface area contributed by atoms with Crippen LogP contribution in [0, 0.1) is 5.92 Å². The number of thioether (sulfide) groups is 1. The van der Waals surface area contributed by atoms with E-state index in [4.69, 9.17) is 0 Å². The highest BCUT2D eigenvalue weighted by molar-refractivity contribution is 8.03. The van der Waals surface area contributed by atoms with Crippen molar-refractivity contribution < 1.29 is 9.90 Å². The number of rotatable bonds is 9. The van der Waals surface area contributed by atoms with Crippen LogP contribution in [-0.4, -0.2) is 29.4 Å². The lowest BCUT2D eigenvalue weighted by Gasteiger charge is -2.20. The van der Waals surface area contributed by atoms with Crippen LogP contribution in [0.1, 0.15) is 40.0 Å². The molecule has 2 atom stereocenters. The number of carbonyl (C=O) groups excluding carboxylic acids is 1. The first-order valence-corrected chi connectivity index (χ1v) is 7.27. The van der Waals surface area contributed by atoms with Gasteiger partial charge in [0.25, 0.3) is 0 Å². The van der Waals surface area contributed by atoms with E-state index in [-0.39, 0.29) is 17.9 Å². The number of carbonyl (C=O) groups is 1. The first-order valence-electron chi connectivity index (χ1n) is 6.29. The maximum Gasteiger partial charge on any atom is 0.219 e. The van der Waals surface area contributed by atoms with Gasteiger partial charge in [-0.3, -0.25) is 4.79 Å². The van der Waals surface area contributed by atoms with Crippen LogP contribution in [-0.2, 0) is 4.79 Å². The number of aliphatic hydroxyl groups is 1. The molecule has 0 aliphatic heterocycles. The molecule has 0 saturated carbocycles. The van der Waals surface area contributed by atoms with E-state index in [1.54, 1.807) is 11.8 Å². The quantitative estimate of drug-likeness (QED) is 0.626. The molecule has 0 aliphatic rings. The van der Waals surface area contributed by atoms with Gasteiger partial charge >= 0.3 is 0 Å². The summed E-state index contributed by atoms with van der Waals surface area (Å²) in [7, 11) is 0. The molecule has 0 aromatic rings. The van der Waals surface area contributed by atoms with E-state index < -0.39 is 0 Å². The van der Waals surface area contributed by atoms with Crippen LogP contribution in [0.25, 0.3) is 0 Å². The summed E-state index contributed by atoms with van der Waals surface area (Å²) >= 11 is 1.62. The Bertz CT molecular complexity index is 244. The summed E-state index contributed by atoms with van der Waals surface area (Å²) in [6.07, 6.45) is 2.02. The van der Waals surface area contributed by atoms with Crippen molar-refractivity contribution in [3.05, 3.63) is 11.5 Å². The van der Waals surface area contributed by atoms with E-state index in [1.807, 2.05) is 13.8 Å². The standard InChI is InChI=1S/C13H25NO2S/c1-5-7-12(15)10(3)11(4)17-9-8-14-13(16)6-2/h10,12,15H,4-9H2,1-3H3,(H,14,16)/t10-,12-/m1/s1. The van der Waals surface area contributed by atoms with Crippen LogP contribution < -0.4 is 5.32 Å². The van der Waals surface area contributed by atoms with E-state index in [2.05, 4.69) is 18.8 Å². The molecule has 2 N–H and O–H groups in total. The zero-order valence-electron chi connectivity index (χ0n) is 11.2. The van der Waals surface area contributed by atoms with Gasteiger partial charge in [-0.25, -0.2) is 0 Å². The second kappa shape index (κ2) is 9.54. The maximum absolute atomic E-state index is 11.0. The van der Waals surface area contributed by atoms with Gasteiger partial charge in [-0.15, -0.1) is 11.8 Å². The highest BCUT2D eigenvalue weighted by Crippen LogP contribution is 2.26. The minimum atomic E-state index is -0.301. The molecule has 0 bridgehead atoms. The molecule has 0 aromatic carbocycles. The average molecular weight is 259 g/mol. The fourth-order valence-electron chi connectivity index (χ4n) is 1.39. The predicted molar refractivity (Wildman–Crippen MR) is 75.0 cm³/mol. The molecule has 17 heavy (non-hydrogen) atoms. The summed E-state index contributed by atoms with van der Waals surface area (Å²) in [6.45, 7) is 10.5. The molecule has 0 fully saturated rings. The summed E-state index contributed by atoms with van der Waals surface area (Å²) in [5.41, 5.74) is 0. The molecule has 0 aliphatic carbocycles. The first kappa shape index (κ1) is 16.5. The molecule has 3 nitrogen and oxygen atoms in total. The van der Waals surface area contributed by atoms with Gasteiger partial charge in [0.05, 0.1) is 6.10 Å². The molecule has 0 aromatic heterocycles. The molecule has 0 saturated heterocycles. The van der Waals surface area contributed by atoms with Crippen molar-refractivity contribution >= 4 is 17.7 Å². The van der Waals surface area contributed by atoms with Gasteiger partial charge in [0.1, 0.15) is 0 Å². The van der Waals surface area contributed by atoms with Crippen LogP contribution in [0.5, 0.6) is 0 Å². The monoisotopic (exact) mass is 259 g/mol. The van der Waals surface area contributed by atoms with Crippen LogP contribution in [0.2, 0.25) is 0 Å². The molecule has 0 rings (SSSR count). The highest BCUT2D eigenvalue weighted by Gasteiger charge is 2.16. The lowest BCUT2D eigenvalue weighted by molar-refractivity contribution is -0.120. The van der Waals surface area contributed by atoms with Gasteiger partial charge in [0.15, 0.2) is 0 Å². The molecule has 100 valence electrons. The van der Waals surface area contributed by atoms with Crippen molar-refractivity contribution in [1.29, 1.82) is 0 Å². The minimum absolute atomic E-state index is 0.0790. The van der Waals surface area contributed by atoms with Gasteiger partial charge in [0, 0.05) is 24.6 Å². The second-order valence-electron chi connectivity index (χ2n) is 4.16. The zero-order valence-corrected chi connectivity index (χ0v) is 12.0. The lowest BCUT2D eigenvalue weighted by Crippen LogP contribution is -2.25. The van der Waals surface area contributed by atoms with Crippen molar-refractivity contribution in [2.24, 2.45) is 5.92 Å². The van der Waals surface area contributed by atoms with Crippen molar-refractivity contribution in [2.75, 3.05) is 12.3 Å². The Kier molecular flexibility index (Phi) is 9.27. The SMILES string of the molecule is C=C(SCCNC(=O)CC)[C@@H](C)[C@H](O)CCC. The average Bonchev–Trinajstić information content (AvgIpc) is 2.33. The molecule has 0 unspecified atom stereocenters. The topological polar surface area (TPSA) is 49.3 Å². The third-order valence-corrected chi connectivity index (χ3v) is 3.85. The van der Waals surface area contributed by atoms with Gasteiger partial charge in [-0.2, -0.15) is 0 Å². The fraction of sp³-hybridized carbons (Fsp3) is 0.769. The third kappa shape index (κ3) is 7.45. The lowest BCUT2D eigenvalue weighted by atomic mass is 10.0. The predicted octanol–water partition coefficient (Wildman–Crippen LogP) is 2.56. The second-order valence-corrected chi connectivity index (χ2v) is 5.38. The Hall–Kier alpha value is -0.480. The summed E-state index contributed by atoms with van der Waals surface area (Å²) in [5.74, 6) is 1.01. The van der Waals surface area contributed by atoms with Gasteiger partial charge in [0.2, 0.25) is 5.91 Å². The van der Waals surface area contributed by atoms with Gasteiger partial charge in [-0.05, 0) is 11.3 Å². The van der Waals surface area contributed by atoms with E-state index in [0.717, 1.165) is 23.5 Å². The molecular weight excluding hydrogens is 234 g/mol. The van der Waals surface area contributed by atoms with Crippen molar-refractivity contribution in [3.8, 4) is 0 Å². The molecule has 0 radical (unpaired) electrons. The normalized spacial score (nSPS) is 14.1. The van der Waals surface area contributed by atoms with Crippen molar-refractivity contribution in [1.82, 2.24) is 5.32 Å². The van der Waals surface area contributed by atoms with Crippen LogP contribution in [0.15, 0.2) is 11.5 Å². The van der Waals surface area contributed by atoms with E-state index in [0.29, 0.717) is 13.0 Å². The number of aliphatic hydroxyl groups excluding tert-OH is 1. The van der Waals surface area contributed by atoms with E-state index in [9.17, 15) is 9.90 Å². The van der Waals surface area contributed by atoms with Gasteiger partial charge < -0.3 is 10.4 Å². The Balaban J connectivity index is 3.74. The minimum Gasteiger partial charge on any atom is -0.392 e. The van der Waals surface area contributed by atoms with Crippen LogP contribution >= 0.6 is 11.8 Å². The van der Waals surface area contributed by atoms with E-state index >= 15 is 0 Å². The Labute approximate surface area is 109 Å². The number of amides is 1. The summed E-state index contributed by atoms with van der Waals surface area (Å²) in [4.78, 5) is 12.0. The van der Waals surface area contributed by atoms with Crippen molar-refractivity contribution in [2.45, 2.75) is 46.1 Å². The largest absolute Gasteiger partial charge is 0.392 e.